The van der Waals surface area contributed by atoms with Crippen molar-refractivity contribution in [3.63, 3.8) is 0 Å². The van der Waals surface area contributed by atoms with E-state index < -0.39 is 5.54 Å². The highest BCUT2D eigenvalue weighted by Gasteiger charge is 2.24. The summed E-state index contributed by atoms with van der Waals surface area (Å²) >= 11 is 0. The minimum Gasteiger partial charge on any atom is -0.385 e. The van der Waals surface area contributed by atoms with Crippen molar-refractivity contribution in [2.45, 2.75) is 45.7 Å². The lowest BCUT2D eigenvalue weighted by molar-refractivity contribution is -0.132. The summed E-state index contributed by atoms with van der Waals surface area (Å²) in [7, 11) is 1.61. The maximum absolute atomic E-state index is 13.5. The Morgan fingerprint density at radius 1 is 1.03 bits per heavy atom. The fourth-order valence-electron chi connectivity index (χ4n) is 4.01. The number of amides is 3. The van der Waals surface area contributed by atoms with Crippen molar-refractivity contribution in [3.8, 4) is 0 Å². The zero-order chi connectivity index (χ0) is 26.1. The summed E-state index contributed by atoms with van der Waals surface area (Å²) in [6.45, 7) is 7.34. The number of nitrogens with zero attached hydrogens (tertiary/aromatic N) is 2. The SMILES string of the molecule is COCCCN(CC(=O)N(CCc1c[nH]c2ccccc12)Cc1ccc(F)cc1)C(=O)NC(C)(C)C. The number of carbonyl (C=O) groups is 2. The molecule has 0 saturated carbocycles. The molecule has 2 N–H and O–H groups in total. The molecular weight excluding hydrogens is 459 g/mol. The van der Waals surface area contributed by atoms with Gasteiger partial charge in [0.25, 0.3) is 0 Å². The van der Waals surface area contributed by atoms with E-state index in [4.69, 9.17) is 4.74 Å². The molecular formula is C28H37FN4O3. The highest BCUT2D eigenvalue weighted by molar-refractivity contribution is 5.85. The second kappa shape index (κ2) is 12.5. The van der Waals surface area contributed by atoms with Gasteiger partial charge in [-0.05, 0) is 62.9 Å². The van der Waals surface area contributed by atoms with Gasteiger partial charge >= 0.3 is 6.03 Å². The van der Waals surface area contributed by atoms with Gasteiger partial charge in [-0.3, -0.25) is 4.79 Å². The van der Waals surface area contributed by atoms with Crippen LogP contribution in [0.15, 0.2) is 54.7 Å². The van der Waals surface area contributed by atoms with Crippen molar-refractivity contribution in [3.05, 3.63) is 71.7 Å². The number of hydrogen-bond donors (Lipinski definition) is 2. The molecule has 0 spiro atoms. The van der Waals surface area contributed by atoms with Crippen molar-refractivity contribution in [2.24, 2.45) is 0 Å². The molecule has 3 amide bonds. The summed E-state index contributed by atoms with van der Waals surface area (Å²) in [5, 5.41) is 4.07. The largest absolute Gasteiger partial charge is 0.385 e. The number of carbonyl (C=O) groups excluding carboxylic acids is 2. The Bertz CT molecular complexity index is 1140. The molecule has 0 aliphatic heterocycles. The van der Waals surface area contributed by atoms with Crippen LogP contribution in [0, 0.1) is 5.82 Å². The highest BCUT2D eigenvalue weighted by Crippen LogP contribution is 2.19. The van der Waals surface area contributed by atoms with Crippen molar-refractivity contribution in [2.75, 3.05) is 33.4 Å². The zero-order valence-electron chi connectivity index (χ0n) is 21.6. The molecule has 0 radical (unpaired) electrons. The minimum atomic E-state index is -0.428. The number of aromatic amines is 1. The fourth-order valence-corrected chi connectivity index (χ4v) is 4.01. The van der Waals surface area contributed by atoms with Crippen LogP contribution >= 0.6 is 0 Å². The van der Waals surface area contributed by atoms with Gasteiger partial charge in [0, 0.05) is 56.0 Å². The van der Waals surface area contributed by atoms with Gasteiger partial charge in [-0.25, -0.2) is 9.18 Å². The first-order chi connectivity index (χ1) is 17.2. The van der Waals surface area contributed by atoms with Crippen LogP contribution in [-0.4, -0.2) is 65.6 Å². The number of benzene rings is 2. The Labute approximate surface area is 212 Å². The minimum absolute atomic E-state index is 0.0549. The number of rotatable bonds is 11. The number of ether oxygens (including phenoxy) is 1. The number of hydrogen-bond acceptors (Lipinski definition) is 3. The average Bonchev–Trinajstić information content (AvgIpc) is 3.24. The molecule has 0 aliphatic rings. The van der Waals surface area contributed by atoms with E-state index in [0.29, 0.717) is 39.1 Å². The molecule has 1 aromatic heterocycles. The van der Waals surface area contributed by atoms with E-state index in [1.54, 1.807) is 24.1 Å². The van der Waals surface area contributed by atoms with Gasteiger partial charge in [0.15, 0.2) is 0 Å². The summed E-state index contributed by atoms with van der Waals surface area (Å²) in [5.74, 6) is -0.487. The van der Waals surface area contributed by atoms with Gasteiger partial charge in [0.05, 0.1) is 0 Å². The van der Waals surface area contributed by atoms with Crippen LogP contribution in [0.3, 0.4) is 0 Å². The number of para-hydroxylation sites is 1. The molecule has 3 rings (SSSR count). The van der Waals surface area contributed by atoms with E-state index in [1.165, 1.54) is 17.0 Å². The molecule has 8 heteroatoms. The Kier molecular flexibility index (Phi) is 9.47. The van der Waals surface area contributed by atoms with Gasteiger partial charge in [0.2, 0.25) is 5.91 Å². The van der Waals surface area contributed by atoms with Crippen molar-refractivity contribution < 1.29 is 18.7 Å². The first kappa shape index (κ1) is 27.2. The van der Waals surface area contributed by atoms with Crippen molar-refractivity contribution in [1.29, 1.82) is 0 Å². The molecule has 36 heavy (non-hydrogen) atoms. The Balaban J connectivity index is 1.77. The van der Waals surface area contributed by atoms with Crippen LogP contribution in [0.2, 0.25) is 0 Å². The number of urea groups is 1. The van der Waals surface area contributed by atoms with Crippen molar-refractivity contribution in [1.82, 2.24) is 20.1 Å². The molecule has 0 atom stereocenters. The number of halogens is 1. The molecule has 0 bridgehead atoms. The molecule has 0 fully saturated rings. The van der Waals surface area contributed by atoms with E-state index in [1.807, 2.05) is 45.2 Å². The van der Waals surface area contributed by atoms with Gasteiger partial charge in [0.1, 0.15) is 12.4 Å². The van der Waals surface area contributed by atoms with Gasteiger partial charge in [-0.1, -0.05) is 30.3 Å². The van der Waals surface area contributed by atoms with Crippen LogP contribution in [-0.2, 0) is 22.5 Å². The molecule has 0 saturated heterocycles. The van der Waals surface area contributed by atoms with Gasteiger partial charge in [-0.15, -0.1) is 0 Å². The number of nitrogens with one attached hydrogen (secondary N) is 2. The second-order valence-electron chi connectivity index (χ2n) is 10.00. The van der Waals surface area contributed by atoms with E-state index in [0.717, 1.165) is 22.0 Å². The Morgan fingerprint density at radius 2 is 1.75 bits per heavy atom. The predicted molar refractivity (Wildman–Crippen MR) is 140 cm³/mol. The standard InChI is InChI=1S/C28H37FN4O3/c1-28(2,3)31-27(35)33(15-7-17-36-4)20-26(34)32(19-21-10-12-23(29)13-11-21)16-14-22-18-30-25-9-6-5-8-24(22)25/h5-6,8-13,18,30H,7,14-17,19-20H2,1-4H3,(H,31,35). The third-order valence-corrected chi connectivity index (χ3v) is 5.84. The first-order valence-electron chi connectivity index (χ1n) is 12.3. The van der Waals surface area contributed by atoms with Crippen LogP contribution in [0.1, 0.15) is 38.3 Å². The summed E-state index contributed by atoms with van der Waals surface area (Å²) in [5.41, 5.74) is 2.56. The van der Waals surface area contributed by atoms with E-state index in [9.17, 15) is 14.0 Å². The molecule has 0 aliphatic carbocycles. The topological polar surface area (TPSA) is 77.7 Å². The molecule has 1 heterocycles. The van der Waals surface area contributed by atoms with E-state index >= 15 is 0 Å². The third-order valence-electron chi connectivity index (χ3n) is 5.84. The van der Waals surface area contributed by atoms with Crippen LogP contribution in [0.5, 0.6) is 0 Å². The monoisotopic (exact) mass is 496 g/mol. The summed E-state index contributed by atoms with van der Waals surface area (Å²) in [4.78, 5) is 33.1. The molecule has 2 aromatic carbocycles. The molecule has 0 unspecified atom stereocenters. The lowest BCUT2D eigenvalue weighted by Crippen LogP contribution is -2.52. The van der Waals surface area contributed by atoms with Crippen molar-refractivity contribution >= 4 is 22.8 Å². The van der Waals surface area contributed by atoms with E-state index in [2.05, 4.69) is 16.4 Å². The Hall–Kier alpha value is -3.39. The normalized spacial score (nSPS) is 11.5. The lowest BCUT2D eigenvalue weighted by Gasteiger charge is -2.30. The Morgan fingerprint density at radius 3 is 2.44 bits per heavy atom. The predicted octanol–water partition coefficient (Wildman–Crippen LogP) is 4.72. The van der Waals surface area contributed by atoms with Crippen LogP contribution in [0.25, 0.3) is 10.9 Å². The first-order valence-corrected chi connectivity index (χ1v) is 12.3. The zero-order valence-corrected chi connectivity index (χ0v) is 21.6. The summed E-state index contributed by atoms with van der Waals surface area (Å²) in [6.07, 6.45) is 3.24. The number of fused-ring (bicyclic) bond motifs is 1. The molecule has 7 nitrogen and oxygen atoms in total. The lowest BCUT2D eigenvalue weighted by atomic mass is 10.1. The quantitative estimate of drug-likeness (QED) is 0.377. The van der Waals surface area contributed by atoms with Crippen LogP contribution < -0.4 is 5.32 Å². The van der Waals surface area contributed by atoms with Gasteiger partial charge in [-0.2, -0.15) is 0 Å². The number of H-pyrrole nitrogens is 1. The maximum atomic E-state index is 13.5. The fraction of sp³-hybridized carbons (Fsp3) is 0.429. The third kappa shape index (κ3) is 8.09. The van der Waals surface area contributed by atoms with Gasteiger partial charge < -0.3 is 24.8 Å². The smallest absolute Gasteiger partial charge is 0.318 e. The summed E-state index contributed by atoms with van der Waals surface area (Å²) in [6, 6.07) is 13.9. The molecule has 3 aromatic rings. The van der Waals surface area contributed by atoms with E-state index in [-0.39, 0.29) is 24.3 Å². The molecule has 194 valence electrons. The average molecular weight is 497 g/mol. The number of methoxy groups -OCH3 is 1. The second-order valence-corrected chi connectivity index (χ2v) is 10.00. The highest BCUT2D eigenvalue weighted by atomic mass is 19.1. The summed E-state index contributed by atoms with van der Waals surface area (Å²) < 4.78 is 18.6. The number of aromatic nitrogens is 1. The maximum Gasteiger partial charge on any atom is 0.318 e. The van der Waals surface area contributed by atoms with Crippen LogP contribution in [0.4, 0.5) is 9.18 Å².